The molecule has 0 aliphatic carbocycles. The lowest BCUT2D eigenvalue weighted by molar-refractivity contribution is -0.146. The molecule has 6 heteroatoms. The van der Waals surface area contributed by atoms with E-state index in [1.165, 1.54) is 18.9 Å². The predicted octanol–water partition coefficient (Wildman–Crippen LogP) is 3.48. The number of ether oxygens (including phenoxy) is 2. The van der Waals surface area contributed by atoms with Gasteiger partial charge in [-0.25, -0.2) is 4.98 Å². The lowest BCUT2D eigenvalue weighted by Gasteiger charge is -2.13. The van der Waals surface area contributed by atoms with Crippen LogP contribution in [-0.4, -0.2) is 36.4 Å². The first-order valence-electron chi connectivity index (χ1n) is 7.94. The molecule has 1 heterocycles. The van der Waals surface area contributed by atoms with Gasteiger partial charge in [-0.05, 0) is 31.4 Å². The Morgan fingerprint density at radius 2 is 2.13 bits per heavy atom. The number of hydrogen-bond donors (Lipinski definition) is 0. The number of rotatable bonds is 11. The second kappa shape index (κ2) is 11.9. The van der Waals surface area contributed by atoms with Gasteiger partial charge in [0.05, 0.1) is 24.7 Å². The lowest BCUT2D eigenvalue weighted by Crippen LogP contribution is -2.19. The second-order valence-electron chi connectivity index (χ2n) is 5.17. The first kappa shape index (κ1) is 19.5. The molecule has 0 aliphatic heterocycles. The fourth-order valence-electron chi connectivity index (χ4n) is 1.95. The Kier molecular flexibility index (Phi) is 10.1. The van der Waals surface area contributed by atoms with E-state index >= 15 is 0 Å². The molecule has 1 aromatic heterocycles. The zero-order valence-corrected chi connectivity index (χ0v) is 14.6. The molecule has 0 aliphatic rings. The van der Waals surface area contributed by atoms with Gasteiger partial charge in [-0.1, -0.05) is 19.4 Å². The van der Waals surface area contributed by atoms with Crippen molar-refractivity contribution in [2.75, 3.05) is 19.5 Å². The minimum atomic E-state index is -0.243. The molecule has 0 amide bonds. The SMILES string of the molecule is CCCCOC(=O)CCCC(CSc1ccccn1)C(=O)OC. The Balaban J connectivity index is 2.34. The molecule has 0 saturated carbocycles. The summed E-state index contributed by atoms with van der Waals surface area (Å²) in [6.45, 7) is 2.53. The number of hydrogen-bond acceptors (Lipinski definition) is 6. The third-order valence-corrected chi connectivity index (χ3v) is 4.41. The van der Waals surface area contributed by atoms with Crippen LogP contribution in [0.3, 0.4) is 0 Å². The fourth-order valence-corrected chi connectivity index (χ4v) is 2.93. The summed E-state index contributed by atoms with van der Waals surface area (Å²) in [4.78, 5) is 27.6. The molecule has 1 rings (SSSR count). The van der Waals surface area contributed by atoms with E-state index in [4.69, 9.17) is 9.47 Å². The van der Waals surface area contributed by atoms with Crippen LogP contribution < -0.4 is 0 Å². The van der Waals surface area contributed by atoms with Crippen LogP contribution in [0.25, 0.3) is 0 Å². The largest absolute Gasteiger partial charge is 0.469 e. The molecule has 5 nitrogen and oxygen atoms in total. The van der Waals surface area contributed by atoms with E-state index < -0.39 is 0 Å². The van der Waals surface area contributed by atoms with Gasteiger partial charge in [-0.3, -0.25) is 9.59 Å². The van der Waals surface area contributed by atoms with Gasteiger partial charge in [-0.15, -0.1) is 11.8 Å². The maximum Gasteiger partial charge on any atom is 0.309 e. The smallest absolute Gasteiger partial charge is 0.309 e. The second-order valence-corrected chi connectivity index (χ2v) is 6.21. The minimum absolute atomic E-state index is 0.195. The van der Waals surface area contributed by atoms with Crippen LogP contribution in [0.2, 0.25) is 0 Å². The molecule has 0 bridgehead atoms. The van der Waals surface area contributed by atoms with Crippen LogP contribution >= 0.6 is 11.8 Å². The van der Waals surface area contributed by atoms with Crippen molar-refractivity contribution >= 4 is 23.7 Å². The van der Waals surface area contributed by atoms with Gasteiger partial charge in [0.15, 0.2) is 0 Å². The van der Waals surface area contributed by atoms with Crippen molar-refractivity contribution in [3.63, 3.8) is 0 Å². The Bertz CT molecular complexity index is 467. The summed E-state index contributed by atoms with van der Waals surface area (Å²) < 4.78 is 9.96. The standard InChI is InChI=1S/C17H25NO4S/c1-3-4-12-22-16(19)10-7-8-14(17(20)21-2)13-23-15-9-5-6-11-18-15/h5-6,9,11,14H,3-4,7-8,10,12-13H2,1-2H3. The first-order chi connectivity index (χ1) is 11.2. The normalized spacial score (nSPS) is 11.7. The molecule has 1 aromatic rings. The van der Waals surface area contributed by atoms with Crippen molar-refractivity contribution in [3.05, 3.63) is 24.4 Å². The van der Waals surface area contributed by atoms with Gasteiger partial charge >= 0.3 is 11.9 Å². The van der Waals surface area contributed by atoms with E-state index in [0.29, 0.717) is 31.6 Å². The van der Waals surface area contributed by atoms with Crippen LogP contribution in [0.5, 0.6) is 0 Å². The molecule has 128 valence electrons. The van der Waals surface area contributed by atoms with Gasteiger partial charge in [0.1, 0.15) is 0 Å². The molecular weight excluding hydrogens is 314 g/mol. The molecule has 0 aromatic carbocycles. The van der Waals surface area contributed by atoms with Crippen molar-refractivity contribution in [1.82, 2.24) is 4.98 Å². The van der Waals surface area contributed by atoms with E-state index in [1.807, 2.05) is 25.1 Å². The highest BCUT2D eigenvalue weighted by Gasteiger charge is 2.20. The molecule has 0 N–H and O–H groups in total. The van der Waals surface area contributed by atoms with Crippen molar-refractivity contribution < 1.29 is 19.1 Å². The Morgan fingerprint density at radius 3 is 2.78 bits per heavy atom. The summed E-state index contributed by atoms with van der Waals surface area (Å²) in [5.41, 5.74) is 0. The Hall–Kier alpha value is -1.56. The van der Waals surface area contributed by atoms with E-state index in [2.05, 4.69) is 4.98 Å². The summed E-state index contributed by atoms with van der Waals surface area (Å²) >= 11 is 1.52. The Labute approximate surface area is 142 Å². The highest BCUT2D eigenvalue weighted by atomic mass is 32.2. The highest BCUT2D eigenvalue weighted by Crippen LogP contribution is 2.22. The fraction of sp³-hybridized carbons (Fsp3) is 0.588. The molecular formula is C17H25NO4S. The number of pyridine rings is 1. The number of unbranched alkanes of at least 4 members (excludes halogenated alkanes) is 1. The number of carbonyl (C=O) groups is 2. The van der Waals surface area contributed by atoms with Crippen molar-refractivity contribution in [1.29, 1.82) is 0 Å². The summed E-state index contributed by atoms with van der Waals surface area (Å²) in [5.74, 6) is -0.0862. The molecule has 0 fully saturated rings. The van der Waals surface area contributed by atoms with Gasteiger partial charge < -0.3 is 9.47 Å². The summed E-state index contributed by atoms with van der Waals surface area (Å²) in [7, 11) is 1.39. The molecule has 1 atom stereocenters. The highest BCUT2D eigenvalue weighted by molar-refractivity contribution is 7.99. The number of aromatic nitrogens is 1. The van der Waals surface area contributed by atoms with Crippen LogP contribution in [0, 0.1) is 5.92 Å². The van der Waals surface area contributed by atoms with Crippen LogP contribution in [-0.2, 0) is 19.1 Å². The zero-order chi connectivity index (χ0) is 16.9. The zero-order valence-electron chi connectivity index (χ0n) is 13.8. The van der Waals surface area contributed by atoms with Crippen LogP contribution in [0.1, 0.15) is 39.0 Å². The minimum Gasteiger partial charge on any atom is -0.469 e. The average molecular weight is 339 g/mol. The summed E-state index contributed by atoms with van der Waals surface area (Å²) in [6, 6.07) is 5.67. The number of esters is 2. The topological polar surface area (TPSA) is 65.5 Å². The van der Waals surface area contributed by atoms with Gasteiger partial charge in [0, 0.05) is 18.4 Å². The van der Waals surface area contributed by atoms with Gasteiger partial charge in [-0.2, -0.15) is 0 Å². The average Bonchev–Trinajstić information content (AvgIpc) is 2.58. The molecule has 23 heavy (non-hydrogen) atoms. The van der Waals surface area contributed by atoms with Crippen LogP contribution in [0.15, 0.2) is 29.4 Å². The van der Waals surface area contributed by atoms with Crippen LogP contribution in [0.4, 0.5) is 0 Å². The number of methoxy groups -OCH3 is 1. The molecule has 0 spiro atoms. The van der Waals surface area contributed by atoms with Gasteiger partial charge in [0.2, 0.25) is 0 Å². The van der Waals surface area contributed by atoms with E-state index in [-0.39, 0.29) is 17.9 Å². The predicted molar refractivity (Wildman–Crippen MR) is 90.2 cm³/mol. The van der Waals surface area contributed by atoms with Crippen molar-refractivity contribution in [2.45, 2.75) is 44.1 Å². The lowest BCUT2D eigenvalue weighted by atomic mass is 10.0. The van der Waals surface area contributed by atoms with Crippen molar-refractivity contribution in [3.8, 4) is 0 Å². The quantitative estimate of drug-likeness (QED) is 0.349. The van der Waals surface area contributed by atoms with E-state index in [9.17, 15) is 9.59 Å². The third kappa shape index (κ3) is 8.59. The third-order valence-electron chi connectivity index (χ3n) is 3.30. The summed E-state index contributed by atoms with van der Waals surface area (Å²) in [6.07, 6.45) is 5.18. The number of nitrogens with zero attached hydrogens (tertiary/aromatic N) is 1. The molecule has 0 saturated heterocycles. The van der Waals surface area contributed by atoms with Crippen molar-refractivity contribution in [2.24, 2.45) is 5.92 Å². The summed E-state index contributed by atoms with van der Waals surface area (Å²) in [5, 5.41) is 0.875. The molecule has 1 unspecified atom stereocenters. The molecule has 0 radical (unpaired) electrons. The Morgan fingerprint density at radius 1 is 1.30 bits per heavy atom. The first-order valence-corrected chi connectivity index (χ1v) is 8.93. The van der Waals surface area contributed by atoms with E-state index in [0.717, 1.165) is 17.9 Å². The monoisotopic (exact) mass is 339 g/mol. The maximum atomic E-state index is 11.8. The van der Waals surface area contributed by atoms with E-state index in [1.54, 1.807) is 6.20 Å². The number of carbonyl (C=O) groups excluding carboxylic acids is 2. The van der Waals surface area contributed by atoms with Gasteiger partial charge in [0.25, 0.3) is 0 Å². The maximum absolute atomic E-state index is 11.8. The number of thioether (sulfide) groups is 1.